The molecular weight excluding hydrogens is 395 g/mol. The Labute approximate surface area is 160 Å². The van der Waals surface area contributed by atoms with Crippen molar-refractivity contribution in [2.45, 2.75) is 23.5 Å². The first kappa shape index (κ1) is 20.1. The Morgan fingerprint density at radius 3 is 2.50 bits per heavy atom. The molecule has 6 nitrogen and oxygen atoms in total. The van der Waals surface area contributed by atoms with E-state index in [4.69, 9.17) is 0 Å². The van der Waals surface area contributed by atoms with E-state index < -0.39 is 27.5 Å². The van der Waals surface area contributed by atoms with Gasteiger partial charge < -0.3 is 10.2 Å². The zero-order chi connectivity index (χ0) is 20.5. The number of nitrogens with one attached hydrogen (secondary N) is 1. The zero-order valence-electron chi connectivity index (χ0n) is 14.9. The van der Waals surface area contributed by atoms with Crippen LogP contribution in [-0.4, -0.2) is 44.7 Å². The van der Waals surface area contributed by atoms with Crippen LogP contribution in [-0.2, 0) is 16.0 Å². The van der Waals surface area contributed by atoms with Crippen LogP contribution >= 0.6 is 0 Å². The summed E-state index contributed by atoms with van der Waals surface area (Å²) in [4.78, 5) is 18.1. The van der Waals surface area contributed by atoms with Gasteiger partial charge in [0.15, 0.2) is 9.84 Å². The van der Waals surface area contributed by atoms with Crippen LogP contribution in [0.25, 0.3) is 0 Å². The van der Waals surface area contributed by atoms with Crippen LogP contribution in [0.3, 0.4) is 0 Å². The van der Waals surface area contributed by atoms with E-state index >= 15 is 0 Å². The van der Waals surface area contributed by atoms with Crippen LogP contribution < -0.4 is 10.2 Å². The molecule has 1 aliphatic heterocycles. The second-order valence-corrected chi connectivity index (χ2v) is 8.56. The lowest BCUT2D eigenvalue weighted by Crippen LogP contribution is -2.38. The summed E-state index contributed by atoms with van der Waals surface area (Å²) in [6.07, 6.45) is -1.47. The maximum atomic E-state index is 12.7. The highest BCUT2D eigenvalue weighted by atomic mass is 32.2. The van der Waals surface area contributed by atoms with E-state index in [1.54, 1.807) is 0 Å². The number of anilines is 1. The summed E-state index contributed by atoms with van der Waals surface area (Å²) in [5.74, 6) is -0.597. The van der Waals surface area contributed by atoms with Crippen LogP contribution in [0.4, 0.5) is 18.9 Å². The summed E-state index contributed by atoms with van der Waals surface area (Å²) in [5.41, 5.74) is -0.263. The maximum Gasteiger partial charge on any atom is 0.416 e. The number of carbonyl (C=O) groups is 1. The van der Waals surface area contributed by atoms with Crippen molar-refractivity contribution in [1.29, 1.82) is 0 Å². The summed E-state index contributed by atoms with van der Waals surface area (Å²) in [6, 6.07) is 7.32. The van der Waals surface area contributed by atoms with Gasteiger partial charge in [-0.1, -0.05) is 0 Å². The predicted molar refractivity (Wildman–Crippen MR) is 96.9 cm³/mol. The molecule has 1 aromatic heterocycles. The van der Waals surface area contributed by atoms with Crippen molar-refractivity contribution >= 4 is 21.4 Å². The van der Waals surface area contributed by atoms with Crippen molar-refractivity contribution in [2.24, 2.45) is 0 Å². The summed E-state index contributed by atoms with van der Waals surface area (Å²) < 4.78 is 61.7. The van der Waals surface area contributed by atoms with E-state index in [1.807, 2.05) is 4.90 Å². The van der Waals surface area contributed by atoms with Crippen LogP contribution in [0.2, 0.25) is 0 Å². The Bertz CT molecular complexity index is 976. The van der Waals surface area contributed by atoms with E-state index in [-0.39, 0.29) is 16.6 Å². The molecule has 0 spiro atoms. The Morgan fingerprint density at radius 1 is 1.21 bits per heavy atom. The average molecular weight is 413 g/mol. The second kappa shape index (κ2) is 7.42. The summed E-state index contributed by atoms with van der Waals surface area (Å²) in [5, 5.41) is 2.76. The summed E-state index contributed by atoms with van der Waals surface area (Å²) >= 11 is 0. The molecule has 0 aliphatic carbocycles. The molecule has 1 aromatic carbocycles. The highest BCUT2D eigenvalue weighted by molar-refractivity contribution is 7.90. The molecule has 10 heteroatoms. The van der Waals surface area contributed by atoms with E-state index in [0.29, 0.717) is 25.2 Å². The van der Waals surface area contributed by atoms with Gasteiger partial charge in [0.2, 0.25) is 0 Å². The molecule has 1 amide bonds. The smallest absolute Gasteiger partial charge is 0.369 e. The molecule has 2 aromatic rings. The number of hydrogen-bond donors (Lipinski definition) is 1. The SMILES string of the molecule is CS(=O)(=O)c1cccnc1C(=O)NC1CCN(c2ccc(C(F)(F)F)cc2)C1. The third-order valence-corrected chi connectivity index (χ3v) is 5.60. The van der Waals surface area contributed by atoms with Gasteiger partial charge in [0.25, 0.3) is 5.91 Å². The van der Waals surface area contributed by atoms with Gasteiger partial charge >= 0.3 is 6.18 Å². The van der Waals surface area contributed by atoms with E-state index in [2.05, 4.69) is 10.3 Å². The van der Waals surface area contributed by atoms with Crippen molar-refractivity contribution in [2.75, 3.05) is 24.2 Å². The minimum atomic E-state index is -4.39. The standard InChI is InChI=1S/C18H18F3N3O3S/c1-28(26,27)15-3-2-9-22-16(15)17(25)23-13-8-10-24(11-13)14-6-4-12(5-7-14)18(19,20)21/h2-7,9,13H,8,10-11H2,1H3,(H,23,25). The minimum Gasteiger partial charge on any atom is -0.369 e. The topological polar surface area (TPSA) is 79.4 Å². The molecule has 0 radical (unpaired) electrons. The molecule has 150 valence electrons. The molecule has 28 heavy (non-hydrogen) atoms. The summed E-state index contributed by atoms with van der Waals surface area (Å²) in [7, 11) is -3.61. The van der Waals surface area contributed by atoms with Crippen LogP contribution in [0.5, 0.6) is 0 Å². The van der Waals surface area contributed by atoms with Gasteiger partial charge in [-0.3, -0.25) is 4.79 Å². The molecule has 1 unspecified atom stereocenters. The Balaban J connectivity index is 1.68. The number of sulfone groups is 1. The Hall–Kier alpha value is -2.62. The molecule has 3 rings (SSSR count). The highest BCUT2D eigenvalue weighted by Crippen LogP contribution is 2.31. The maximum absolute atomic E-state index is 12.7. The molecular formula is C18H18F3N3O3S. The molecule has 0 bridgehead atoms. The lowest BCUT2D eigenvalue weighted by Gasteiger charge is -2.20. The molecule has 2 heterocycles. The lowest BCUT2D eigenvalue weighted by molar-refractivity contribution is -0.137. The molecule has 0 saturated carbocycles. The Kier molecular flexibility index (Phi) is 5.33. The predicted octanol–water partition coefficient (Wildman–Crippen LogP) is 2.51. The fourth-order valence-corrected chi connectivity index (χ4v) is 3.91. The monoisotopic (exact) mass is 413 g/mol. The van der Waals surface area contributed by atoms with Crippen molar-refractivity contribution in [1.82, 2.24) is 10.3 Å². The third-order valence-electron chi connectivity index (χ3n) is 4.47. The summed E-state index contributed by atoms with van der Waals surface area (Å²) in [6.45, 7) is 0.954. The lowest BCUT2D eigenvalue weighted by atomic mass is 10.2. The van der Waals surface area contributed by atoms with Gasteiger partial charge in [0.1, 0.15) is 5.69 Å². The highest BCUT2D eigenvalue weighted by Gasteiger charge is 2.31. The van der Waals surface area contributed by atoms with Gasteiger partial charge in [-0.05, 0) is 42.8 Å². The number of amides is 1. The van der Waals surface area contributed by atoms with Gasteiger partial charge in [-0.2, -0.15) is 13.2 Å². The number of carbonyl (C=O) groups excluding carboxylic acids is 1. The first-order valence-electron chi connectivity index (χ1n) is 8.44. The Morgan fingerprint density at radius 2 is 1.89 bits per heavy atom. The molecule has 1 N–H and O–H groups in total. The normalized spacial score (nSPS) is 17.6. The second-order valence-electron chi connectivity index (χ2n) is 6.57. The molecule has 1 atom stereocenters. The van der Waals surface area contributed by atoms with Crippen molar-refractivity contribution < 1.29 is 26.4 Å². The molecule has 1 fully saturated rings. The number of alkyl halides is 3. The quantitative estimate of drug-likeness (QED) is 0.833. The number of halogens is 3. The number of benzene rings is 1. The first-order chi connectivity index (χ1) is 13.1. The zero-order valence-corrected chi connectivity index (χ0v) is 15.7. The van der Waals surface area contributed by atoms with Crippen LogP contribution in [0, 0.1) is 0 Å². The minimum absolute atomic E-state index is 0.148. The van der Waals surface area contributed by atoms with Gasteiger partial charge in [0.05, 0.1) is 10.5 Å². The van der Waals surface area contributed by atoms with Crippen molar-refractivity contribution in [3.05, 3.63) is 53.9 Å². The van der Waals surface area contributed by atoms with Gasteiger partial charge in [-0.15, -0.1) is 0 Å². The van der Waals surface area contributed by atoms with E-state index in [0.717, 1.165) is 18.4 Å². The first-order valence-corrected chi connectivity index (χ1v) is 10.3. The fourth-order valence-electron chi connectivity index (χ4n) is 3.09. The number of nitrogens with zero attached hydrogens (tertiary/aromatic N) is 2. The van der Waals surface area contributed by atoms with Crippen LogP contribution in [0.15, 0.2) is 47.5 Å². The fraction of sp³-hybridized carbons (Fsp3) is 0.333. The number of pyridine rings is 1. The van der Waals surface area contributed by atoms with Crippen molar-refractivity contribution in [3.63, 3.8) is 0 Å². The average Bonchev–Trinajstić information content (AvgIpc) is 3.09. The molecule has 1 aliphatic rings. The van der Waals surface area contributed by atoms with E-state index in [1.165, 1.54) is 30.5 Å². The molecule has 1 saturated heterocycles. The van der Waals surface area contributed by atoms with Crippen molar-refractivity contribution in [3.8, 4) is 0 Å². The number of hydrogen-bond acceptors (Lipinski definition) is 5. The van der Waals surface area contributed by atoms with Crippen LogP contribution in [0.1, 0.15) is 22.5 Å². The van der Waals surface area contributed by atoms with E-state index in [9.17, 15) is 26.4 Å². The largest absolute Gasteiger partial charge is 0.416 e. The third kappa shape index (κ3) is 4.44. The van der Waals surface area contributed by atoms with Gasteiger partial charge in [-0.25, -0.2) is 13.4 Å². The van der Waals surface area contributed by atoms with Gasteiger partial charge in [0, 0.05) is 37.3 Å². The number of aromatic nitrogens is 1. The number of rotatable bonds is 4.